The third kappa shape index (κ3) is 3.82. The number of rotatable bonds is 2. The van der Waals surface area contributed by atoms with Crippen molar-refractivity contribution in [2.75, 3.05) is 18.0 Å². The second-order valence-electron chi connectivity index (χ2n) is 6.76. The van der Waals surface area contributed by atoms with Crippen molar-refractivity contribution in [1.29, 1.82) is 0 Å². The third-order valence-corrected chi connectivity index (χ3v) is 4.86. The van der Waals surface area contributed by atoms with Crippen LogP contribution in [0.3, 0.4) is 0 Å². The minimum Gasteiger partial charge on any atom is -0.353 e. The molecule has 0 amide bonds. The molecule has 142 valence electrons. The Kier molecular flexibility index (Phi) is 5.77. The summed E-state index contributed by atoms with van der Waals surface area (Å²) in [5.41, 5.74) is 6.55. The van der Waals surface area contributed by atoms with E-state index in [1.807, 2.05) is 18.2 Å². The van der Waals surface area contributed by atoms with E-state index in [9.17, 15) is 9.18 Å². The molecule has 1 saturated heterocycles. The van der Waals surface area contributed by atoms with Gasteiger partial charge in [0.05, 0.1) is 11.1 Å². The molecular formula is C20H22ClFN4O. The van der Waals surface area contributed by atoms with Gasteiger partial charge in [-0.05, 0) is 43.2 Å². The molecular weight excluding hydrogens is 367 g/mol. The van der Waals surface area contributed by atoms with Gasteiger partial charge < -0.3 is 10.6 Å². The van der Waals surface area contributed by atoms with Crippen LogP contribution in [-0.4, -0.2) is 28.9 Å². The van der Waals surface area contributed by atoms with Gasteiger partial charge in [-0.3, -0.25) is 4.79 Å². The van der Waals surface area contributed by atoms with E-state index >= 15 is 0 Å². The molecule has 1 aliphatic rings. The van der Waals surface area contributed by atoms with Gasteiger partial charge in [-0.1, -0.05) is 24.6 Å². The fraction of sp³-hybridized carbons (Fsp3) is 0.300. The van der Waals surface area contributed by atoms with Crippen molar-refractivity contribution in [1.82, 2.24) is 9.78 Å². The van der Waals surface area contributed by atoms with E-state index in [1.165, 1.54) is 16.8 Å². The highest BCUT2D eigenvalue weighted by Gasteiger charge is 2.21. The van der Waals surface area contributed by atoms with Gasteiger partial charge in [0.1, 0.15) is 5.82 Å². The first-order valence-electron chi connectivity index (χ1n) is 8.92. The van der Waals surface area contributed by atoms with Crippen molar-refractivity contribution in [2.45, 2.75) is 25.3 Å². The Morgan fingerprint density at radius 3 is 2.48 bits per heavy atom. The summed E-state index contributed by atoms with van der Waals surface area (Å²) in [7, 11) is 0. The van der Waals surface area contributed by atoms with E-state index in [2.05, 4.69) is 10.00 Å². The third-order valence-electron chi connectivity index (χ3n) is 4.86. The standard InChI is InChI=1S/C20H21FN4O.ClH/c21-14-8-10-16(11-9-14)25-20(26)18-7-2-1-6-17(18)19(23-25)24-12-4-3-5-15(22)13-24;/h1-2,6-11,15H,3-5,12-13,22H2;1H/t15-;/m0./s1. The lowest BCUT2D eigenvalue weighted by Crippen LogP contribution is -2.37. The van der Waals surface area contributed by atoms with Gasteiger partial charge in [0.25, 0.3) is 5.56 Å². The summed E-state index contributed by atoms with van der Waals surface area (Å²) in [6.45, 7) is 1.56. The largest absolute Gasteiger partial charge is 0.353 e. The number of nitrogens with two attached hydrogens (primary N) is 1. The van der Waals surface area contributed by atoms with Gasteiger partial charge >= 0.3 is 0 Å². The number of hydrogen-bond donors (Lipinski definition) is 1. The van der Waals surface area contributed by atoms with E-state index in [1.54, 1.807) is 18.2 Å². The molecule has 2 N–H and O–H groups in total. The lowest BCUT2D eigenvalue weighted by molar-refractivity contribution is 0.618. The summed E-state index contributed by atoms with van der Waals surface area (Å²) in [5.74, 6) is 0.406. The van der Waals surface area contributed by atoms with Crippen molar-refractivity contribution in [3.8, 4) is 5.69 Å². The van der Waals surface area contributed by atoms with Crippen LogP contribution in [0.1, 0.15) is 19.3 Å². The predicted octanol–water partition coefficient (Wildman–Crippen LogP) is 3.26. The zero-order valence-electron chi connectivity index (χ0n) is 14.8. The van der Waals surface area contributed by atoms with Crippen LogP contribution in [0.2, 0.25) is 0 Å². The van der Waals surface area contributed by atoms with Crippen LogP contribution in [0.4, 0.5) is 10.2 Å². The molecule has 0 saturated carbocycles. The first-order chi connectivity index (χ1) is 12.6. The summed E-state index contributed by atoms with van der Waals surface area (Å²) in [6, 6.07) is 13.4. The average Bonchev–Trinajstić information content (AvgIpc) is 2.88. The SMILES string of the molecule is Cl.N[C@H]1CCCCN(c2nn(-c3ccc(F)cc3)c(=O)c3ccccc23)C1. The molecule has 1 atom stereocenters. The molecule has 1 aliphatic heterocycles. The summed E-state index contributed by atoms with van der Waals surface area (Å²) in [4.78, 5) is 15.1. The number of aromatic nitrogens is 2. The van der Waals surface area contributed by atoms with E-state index in [4.69, 9.17) is 5.73 Å². The molecule has 2 heterocycles. The van der Waals surface area contributed by atoms with Crippen LogP contribution < -0.4 is 16.2 Å². The maximum Gasteiger partial charge on any atom is 0.279 e. The maximum absolute atomic E-state index is 13.3. The van der Waals surface area contributed by atoms with Crippen LogP contribution in [0, 0.1) is 5.82 Å². The number of halogens is 2. The van der Waals surface area contributed by atoms with Gasteiger partial charge in [0, 0.05) is 24.5 Å². The summed E-state index contributed by atoms with van der Waals surface area (Å²) in [5, 5.41) is 6.07. The molecule has 4 rings (SSSR count). The topological polar surface area (TPSA) is 64.2 Å². The smallest absolute Gasteiger partial charge is 0.279 e. The van der Waals surface area contributed by atoms with Crippen molar-refractivity contribution >= 4 is 29.0 Å². The molecule has 27 heavy (non-hydrogen) atoms. The quantitative estimate of drug-likeness (QED) is 0.731. The Bertz CT molecular complexity index is 989. The van der Waals surface area contributed by atoms with Crippen molar-refractivity contribution < 1.29 is 4.39 Å². The lowest BCUT2D eigenvalue weighted by Gasteiger charge is -2.25. The Balaban J connectivity index is 0.00000210. The minimum atomic E-state index is -0.346. The molecule has 0 radical (unpaired) electrons. The van der Waals surface area contributed by atoms with Crippen LogP contribution in [0.25, 0.3) is 16.5 Å². The van der Waals surface area contributed by atoms with E-state index < -0.39 is 0 Å². The Morgan fingerprint density at radius 2 is 1.74 bits per heavy atom. The minimum absolute atomic E-state index is 0. The summed E-state index contributed by atoms with van der Waals surface area (Å²) >= 11 is 0. The van der Waals surface area contributed by atoms with Gasteiger partial charge in [0.15, 0.2) is 5.82 Å². The molecule has 0 aliphatic carbocycles. The first kappa shape index (κ1) is 19.3. The van der Waals surface area contributed by atoms with E-state index in [0.29, 0.717) is 17.6 Å². The second-order valence-corrected chi connectivity index (χ2v) is 6.76. The van der Waals surface area contributed by atoms with Crippen LogP contribution >= 0.6 is 12.4 Å². The average molecular weight is 389 g/mol. The van der Waals surface area contributed by atoms with Crippen molar-refractivity contribution in [3.05, 3.63) is 64.7 Å². The van der Waals surface area contributed by atoms with E-state index in [-0.39, 0.29) is 29.8 Å². The number of anilines is 1. The predicted molar refractivity (Wildman–Crippen MR) is 109 cm³/mol. The number of hydrogen-bond acceptors (Lipinski definition) is 4. The molecule has 0 unspecified atom stereocenters. The fourth-order valence-electron chi connectivity index (χ4n) is 3.53. The summed E-state index contributed by atoms with van der Waals surface area (Å²) < 4.78 is 14.6. The molecule has 7 heteroatoms. The monoisotopic (exact) mass is 388 g/mol. The normalized spacial score (nSPS) is 17.4. The number of benzene rings is 2. The highest BCUT2D eigenvalue weighted by Crippen LogP contribution is 2.25. The Hall–Kier alpha value is -2.44. The zero-order valence-corrected chi connectivity index (χ0v) is 15.7. The Labute approximate surface area is 163 Å². The van der Waals surface area contributed by atoms with Gasteiger partial charge in [-0.25, -0.2) is 4.39 Å². The Morgan fingerprint density at radius 1 is 1.04 bits per heavy atom. The van der Waals surface area contributed by atoms with Crippen LogP contribution in [-0.2, 0) is 0 Å². The maximum atomic E-state index is 13.3. The molecule has 1 fully saturated rings. The first-order valence-corrected chi connectivity index (χ1v) is 8.92. The molecule has 1 aromatic heterocycles. The van der Waals surface area contributed by atoms with Gasteiger partial charge in [-0.2, -0.15) is 4.68 Å². The highest BCUT2D eigenvalue weighted by atomic mass is 35.5. The van der Waals surface area contributed by atoms with Crippen molar-refractivity contribution in [3.63, 3.8) is 0 Å². The number of nitrogens with zero attached hydrogens (tertiary/aromatic N) is 3. The van der Waals surface area contributed by atoms with E-state index in [0.717, 1.165) is 37.0 Å². The lowest BCUT2D eigenvalue weighted by atomic mass is 10.1. The molecule has 2 aromatic carbocycles. The zero-order chi connectivity index (χ0) is 18.1. The highest BCUT2D eigenvalue weighted by molar-refractivity contribution is 5.91. The molecule has 0 spiro atoms. The number of fused-ring (bicyclic) bond motifs is 1. The van der Waals surface area contributed by atoms with Gasteiger partial charge in [-0.15, -0.1) is 17.5 Å². The molecule has 3 aromatic rings. The summed E-state index contributed by atoms with van der Waals surface area (Å²) in [6.07, 6.45) is 3.12. The van der Waals surface area contributed by atoms with Crippen LogP contribution in [0.5, 0.6) is 0 Å². The van der Waals surface area contributed by atoms with Crippen molar-refractivity contribution in [2.24, 2.45) is 5.73 Å². The molecule has 0 bridgehead atoms. The van der Waals surface area contributed by atoms with Crippen LogP contribution in [0.15, 0.2) is 53.3 Å². The van der Waals surface area contributed by atoms with Gasteiger partial charge in [0.2, 0.25) is 0 Å². The fourth-order valence-corrected chi connectivity index (χ4v) is 3.53. The molecule has 5 nitrogen and oxygen atoms in total. The second kappa shape index (κ2) is 8.06.